The Balaban J connectivity index is 0.00000341. The normalized spacial score (nSPS) is 15.3. The summed E-state index contributed by atoms with van der Waals surface area (Å²) in [6, 6.07) is 4.84. The maximum atomic E-state index is 13.5. The molecule has 1 aliphatic heterocycles. The first-order valence-corrected chi connectivity index (χ1v) is 10.9. The summed E-state index contributed by atoms with van der Waals surface area (Å²) in [5.41, 5.74) is 1.61. The van der Waals surface area contributed by atoms with Crippen LogP contribution < -0.4 is 10.6 Å². The van der Waals surface area contributed by atoms with Crippen LogP contribution in [-0.4, -0.2) is 42.9 Å². The Morgan fingerprint density at radius 3 is 2.58 bits per heavy atom. The summed E-state index contributed by atoms with van der Waals surface area (Å²) < 4.78 is 19.4. The van der Waals surface area contributed by atoms with Gasteiger partial charge in [-0.1, -0.05) is 13.8 Å². The highest BCUT2D eigenvalue weighted by Crippen LogP contribution is 2.26. The van der Waals surface area contributed by atoms with E-state index < -0.39 is 0 Å². The molecule has 1 fully saturated rings. The molecule has 2 N–H and O–H groups in total. The van der Waals surface area contributed by atoms with Gasteiger partial charge in [0, 0.05) is 43.0 Å². The number of nitrogens with zero attached hydrogens (tertiary/aromatic N) is 2. The summed E-state index contributed by atoms with van der Waals surface area (Å²) in [7, 11) is 1.74. The monoisotopic (exact) mass is 544 g/mol. The van der Waals surface area contributed by atoms with E-state index in [0.29, 0.717) is 18.1 Å². The molecular formula is C23H34FIN4O2. The number of carbonyl (C=O) groups is 1. The largest absolute Gasteiger partial charge is 0.459 e. The Morgan fingerprint density at radius 1 is 1.29 bits per heavy atom. The van der Waals surface area contributed by atoms with Gasteiger partial charge in [-0.2, -0.15) is 0 Å². The smallest absolute Gasteiger partial charge is 0.225 e. The molecule has 31 heavy (non-hydrogen) atoms. The molecule has 0 atom stereocenters. The van der Waals surface area contributed by atoms with Gasteiger partial charge in [-0.15, -0.1) is 24.0 Å². The Hall–Kier alpha value is -1.84. The van der Waals surface area contributed by atoms with Crippen LogP contribution in [0.2, 0.25) is 0 Å². The number of amides is 1. The van der Waals surface area contributed by atoms with Crippen LogP contribution in [0.4, 0.5) is 4.39 Å². The average Bonchev–Trinajstić information content (AvgIpc) is 3.07. The number of aliphatic imine (C=N–C) groups is 1. The number of fused-ring (bicyclic) bond motifs is 1. The van der Waals surface area contributed by atoms with Gasteiger partial charge in [-0.05, 0) is 50.8 Å². The fraction of sp³-hybridized carbons (Fsp3) is 0.565. The van der Waals surface area contributed by atoms with Crippen molar-refractivity contribution in [1.29, 1.82) is 0 Å². The van der Waals surface area contributed by atoms with E-state index in [1.165, 1.54) is 12.1 Å². The third-order valence-corrected chi connectivity index (χ3v) is 6.12. The zero-order valence-corrected chi connectivity index (χ0v) is 21.2. The van der Waals surface area contributed by atoms with Crippen molar-refractivity contribution < 1.29 is 13.6 Å². The molecule has 0 bridgehead atoms. The van der Waals surface area contributed by atoms with Gasteiger partial charge < -0.3 is 20.0 Å². The molecule has 1 amide bonds. The third-order valence-electron chi connectivity index (χ3n) is 6.12. The molecule has 1 saturated heterocycles. The number of guanidine groups is 1. The minimum Gasteiger partial charge on any atom is -0.459 e. The van der Waals surface area contributed by atoms with Gasteiger partial charge >= 0.3 is 0 Å². The molecule has 3 rings (SSSR count). The molecule has 6 nitrogen and oxygen atoms in total. The van der Waals surface area contributed by atoms with Crippen molar-refractivity contribution in [3.05, 3.63) is 35.3 Å². The first kappa shape index (κ1) is 25.4. The predicted molar refractivity (Wildman–Crippen MR) is 133 cm³/mol. The fourth-order valence-corrected chi connectivity index (χ4v) is 4.10. The van der Waals surface area contributed by atoms with Crippen LogP contribution in [-0.2, 0) is 11.3 Å². The first-order valence-electron chi connectivity index (χ1n) is 10.9. The summed E-state index contributed by atoms with van der Waals surface area (Å²) in [5.74, 6) is 1.63. The minimum atomic E-state index is -0.266. The second-order valence-corrected chi connectivity index (χ2v) is 7.97. The third kappa shape index (κ3) is 6.11. The van der Waals surface area contributed by atoms with Gasteiger partial charge in [-0.3, -0.25) is 9.79 Å². The number of likely N-dealkylation sites (tertiary alicyclic amines) is 1. The molecule has 2 aromatic rings. The highest BCUT2D eigenvalue weighted by molar-refractivity contribution is 14.0. The van der Waals surface area contributed by atoms with E-state index in [-0.39, 0.29) is 47.7 Å². The number of hydrogen-bond donors (Lipinski definition) is 2. The van der Waals surface area contributed by atoms with Crippen LogP contribution in [0.5, 0.6) is 0 Å². The molecule has 0 saturated carbocycles. The Labute approximate surface area is 201 Å². The topological polar surface area (TPSA) is 69.9 Å². The SMILES string of the molecule is CCC(CC)C(=O)N1CCC(NC(=NC)NCc2oc3ccc(F)cc3c2C)CC1.I. The number of halogens is 2. The lowest BCUT2D eigenvalue weighted by atomic mass is 9.98. The van der Waals surface area contributed by atoms with Gasteiger partial charge in [0.1, 0.15) is 17.2 Å². The maximum Gasteiger partial charge on any atom is 0.225 e. The van der Waals surface area contributed by atoms with Gasteiger partial charge in [-0.25, -0.2) is 4.39 Å². The molecule has 1 aromatic heterocycles. The molecule has 1 aromatic carbocycles. The van der Waals surface area contributed by atoms with Crippen LogP contribution in [0.15, 0.2) is 27.6 Å². The van der Waals surface area contributed by atoms with Crippen molar-refractivity contribution in [2.45, 2.75) is 59.0 Å². The standard InChI is InChI=1S/C23H33FN4O2.HI/c1-5-16(6-2)22(29)28-11-9-18(10-12-28)27-23(25-4)26-14-21-15(3)19-13-17(24)7-8-20(19)30-21;/h7-8,13,16,18H,5-6,9-12,14H2,1-4H3,(H2,25,26,27);1H. The van der Waals surface area contributed by atoms with Crippen LogP contribution in [0.1, 0.15) is 50.9 Å². The predicted octanol–water partition coefficient (Wildman–Crippen LogP) is 4.59. The van der Waals surface area contributed by atoms with Crippen LogP contribution in [0.25, 0.3) is 11.0 Å². The van der Waals surface area contributed by atoms with E-state index in [2.05, 4.69) is 29.5 Å². The molecule has 0 radical (unpaired) electrons. The van der Waals surface area contributed by atoms with E-state index >= 15 is 0 Å². The zero-order chi connectivity index (χ0) is 21.7. The van der Waals surface area contributed by atoms with Crippen LogP contribution >= 0.6 is 24.0 Å². The second-order valence-electron chi connectivity index (χ2n) is 7.97. The molecule has 0 aliphatic carbocycles. The number of rotatable bonds is 6. The van der Waals surface area contributed by atoms with Gasteiger partial charge in [0.15, 0.2) is 5.96 Å². The lowest BCUT2D eigenvalue weighted by Crippen LogP contribution is -2.50. The van der Waals surface area contributed by atoms with E-state index in [1.54, 1.807) is 13.1 Å². The highest BCUT2D eigenvalue weighted by Gasteiger charge is 2.26. The van der Waals surface area contributed by atoms with E-state index in [4.69, 9.17) is 4.42 Å². The number of furan rings is 1. The van der Waals surface area contributed by atoms with Crippen molar-refractivity contribution in [2.24, 2.45) is 10.9 Å². The number of aryl methyl sites for hydroxylation is 1. The minimum absolute atomic E-state index is 0. The Morgan fingerprint density at radius 2 is 1.97 bits per heavy atom. The maximum absolute atomic E-state index is 13.5. The summed E-state index contributed by atoms with van der Waals surface area (Å²) >= 11 is 0. The molecule has 1 aliphatic rings. The van der Waals surface area contributed by atoms with Gasteiger partial charge in [0.2, 0.25) is 5.91 Å². The molecule has 172 valence electrons. The lowest BCUT2D eigenvalue weighted by Gasteiger charge is -2.34. The molecule has 8 heteroatoms. The number of benzene rings is 1. The summed E-state index contributed by atoms with van der Waals surface area (Å²) in [4.78, 5) is 18.9. The Bertz CT molecular complexity index is 902. The summed E-state index contributed by atoms with van der Waals surface area (Å²) in [6.45, 7) is 8.11. The van der Waals surface area contributed by atoms with E-state index in [1.807, 2.05) is 11.8 Å². The zero-order valence-electron chi connectivity index (χ0n) is 18.8. The molecule has 2 heterocycles. The Kier molecular flexibility index (Phi) is 9.58. The first-order chi connectivity index (χ1) is 14.5. The number of carbonyl (C=O) groups excluding carboxylic acids is 1. The number of piperidine rings is 1. The van der Waals surface area contributed by atoms with Crippen molar-refractivity contribution in [1.82, 2.24) is 15.5 Å². The van der Waals surface area contributed by atoms with E-state index in [0.717, 1.165) is 55.5 Å². The van der Waals surface area contributed by atoms with Gasteiger partial charge in [0.05, 0.1) is 6.54 Å². The van der Waals surface area contributed by atoms with Crippen LogP contribution in [0, 0.1) is 18.7 Å². The summed E-state index contributed by atoms with van der Waals surface area (Å²) in [5, 5.41) is 7.54. The number of nitrogens with one attached hydrogen (secondary N) is 2. The quantitative estimate of drug-likeness (QED) is 0.317. The molecule has 0 unspecified atom stereocenters. The molecular weight excluding hydrogens is 510 g/mol. The van der Waals surface area contributed by atoms with Crippen molar-refractivity contribution in [3.63, 3.8) is 0 Å². The number of hydrogen-bond acceptors (Lipinski definition) is 3. The van der Waals surface area contributed by atoms with Crippen molar-refractivity contribution in [3.8, 4) is 0 Å². The lowest BCUT2D eigenvalue weighted by molar-refractivity contribution is -0.136. The fourth-order valence-electron chi connectivity index (χ4n) is 4.10. The molecule has 0 spiro atoms. The van der Waals surface area contributed by atoms with Gasteiger partial charge in [0.25, 0.3) is 0 Å². The highest BCUT2D eigenvalue weighted by atomic mass is 127. The van der Waals surface area contributed by atoms with Crippen LogP contribution in [0.3, 0.4) is 0 Å². The van der Waals surface area contributed by atoms with Crippen molar-refractivity contribution >= 4 is 46.8 Å². The van der Waals surface area contributed by atoms with Crippen molar-refractivity contribution in [2.75, 3.05) is 20.1 Å². The average molecular weight is 544 g/mol. The summed E-state index contributed by atoms with van der Waals surface area (Å²) in [6.07, 6.45) is 3.60. The van der Waals surface area contributed by atoms with E-state index in [9.17, 15) is 9.18 Å². The second kappa shape index (κ2) is 11.7.